The van der Waals surface area contributed by atoms with Gasteiger partial charge in [0, 0.05) is 11.6 Å². The molecule has 0 aliphatic heterocycles. The first-order valence-corrected chi connectivity index (χ1v) is 6.25. The molecule has 0 aliphatic rings. The number of hydrogen-bond donors (Lipinski definition) is 0. The molecule has 0 unspecified atom stereocenters. The fourth-order valence-electron chi connectivity index (χ4n) is 1.95. The van der Waals surface area contributed by atoms with E-state index in [-0.39, 0.29) is 0 Å². The SMILES string of the molecule is COc1ccc(-n2ncnc2-c2ccc(C)cc2)cn1. The summed E-state index contributed by atoms with van der Waals surface area (Å²) in [6.07, 6.45) is 3.25. The van der Waals surface area contributed by atoms with Gasteiger partial charge in [0.15, 0.2) is 5.82 Å². The van der Waals surface area contributed by atoms with Crippen molar-refractivity contribution >= 4 is 0 Å². The summed E-state index contributed by atoms with van der Waals surface area (Å²) in [6, 6.07) is 11.9. The van der Waals surface area contributed by atoms with Gasteiger partial charge in [-0.05, 0) is 13.0 Å². The largest absolute Gasteiger partial charge is 0.481 e. The molecule has 0 saturated heterocycles. The van der Waals surface area contributed by atoms with Crippen LogP contribution in [0.4, 0.5) is 0 Å². The number of aryl methyl sites for hydroxylation is 1. The Morgan fingerprint density at radius 2 is 1.80 bits per heavy atom. The van der Waals surface area contributed by atoms with Gasteiger partial charge in [0.05, 0.1) is 19.0 Å². The molecule has 2 heterocycles. The highest BCUT2D eigenvalue weighted by Crippen LogP contribution is 2.20. The van der Waals surface area contributed by atoms with E-state index in [9.17, 15) is 0 Å². The maximum Gasteiger partial charge on any atom is 0.213 e. The summed E-state index contributed by atoms with van der Waals surface area (Å²) in [5.74, 6) is 1.36. The third-order valence-corrected chi connectivity index (χ3v) is 3.03. The second-order valence-corrected chi connectivity index (χ2v) is 4.42. The van der Waals surface area contributed by atoms with Crippen LogP contribution in [0.3, 0.4) is 0 Å². The Morgan fingerprint density at radius 3 is 2.45 bits per heavy atom. The van der Waals surface area contributed by atoms with Gasteiger partial charge in [-0.15, -0.1) is 0 Å². The maximum atomic E-state index is 5.06. The molecule has 2 aromatic heterocycles. The normalized spacial score (nSPS) is 10.5. The van der Waals surface area contributed by atoms with Crippen molar-refractivity contribution in [3.63, 3.8) is 0 Å². The Morgan fingerprint density at radius 1 is 1.00 bits per heavy atom. The number of aromatic nitrogens is 4. The molecule has 100 valence electrons. The lowest BCUT2D eigenvalue weighted by Crippen LogP contribution is -2.00. The van der Waals surface area contributed by atoms with E-state index < -0.39 is 0 Å². The molecule has 0 bridgehead atoms. The lowest BCUT2D eigenvalue weighted by Gasteiger charge is -2.06. The van der Waals surface area contributed by atoms with Crippen molar-refractivity contribution in [1.29, 1.82) is 0 Å². The van der Waals surface area contributed by atoms with Crippen LogP contribution in [0.5, 0.6) is 5.88 Å². The second kappa shape index (κ2) is 5.13. The fraction of sp³-hybridized carbons (Fsp3) is 0.133. The average molecular weight is 266 g/mol. The molecule has 0 spiro atoms. The molecular weight excluding hydrogens is 252 g/mol. The smallest absolute Gasteiger partial charge is 0.213 e. The highest BCUT2D eigenvalue weighted by molar-refractivity contribution is 5.57. The first kappa shape index (κ1) is 12.3. The zero-order valence-corrected chi connectivity index (χ0v) is 11.3. The van der Waals surface area contributed by atoms with Crippen LogP contribution in [0, 0.1) is 6.92 Å². The van der Waals surface area contributed by atoms with Gasteiger partial charge in [0.2, 0.25) is 5.88 Å². The van der Waals surface area contributed by atoms with Crippen LogP contribution in [0.1, 0.15) is 5.56 Å². The first-order chi connectivity index (χ1) is 9.78. The molecule has 0 amide bonds. The Kier molecular flexibility index (Phi) is 3.16. The summed E-state index contributed by atoms with van der Waals surface area (Å²) in [7, 11) is 1.59. The molecule has 5 nitrogen and oxygen atoms in total. The third kappa shape index (κ3) is 2.25. The summed E-state index contributed by atoms with van der Waals surface area (Å²) in [6.45, 7) is 2.06. The molecule has 0 atom stereocenters. The first-order valence-electron chi connectivity index (χ1n) is 6.25. The van der Waals surface area contributed by atoms with E-state index >= 15 is 0 Å². The number of nitrogens with zero attached hydrogens (tertiary/aromatic N) is 4. The zero-order chi connectivity index (χ0) is 13.9. The molecule has 20 heavy (non-hydrogen) atoms. The fourth-order valence-corrected chi connectivity index (χ4v) is 1.95. The van der Waals surface area contributed by atoms with Gasteiger partial charge >= 0.3 is 0 Å². The minimum Gasteiger partial charge on any atom is -0.481 e. The maximum absolute atomic E-state index is 5.06. The monoisotopic (exact) mass is 266 g/mol. The Hall–Kier alpha value is -2.69. The number of methoxy groups -OCH3 is 1. The lowest BCUT2D eigenvalue weighted by atomic mass is 10.1. The molecule has 3 aromatic rings. The zero-order valence-electron chi connectivity index (χ0n) is 11.3. The van der Waals surface area contributed by atoms with Crippen LogP contribution >= 0.6 is 0 Å². The molecule has 1 aromatic carbocycles. The number of pyridine rings is 1. The van der Waals surface area contributed by atoms with Gasteiger partial charge in [-0.25, -0.2) is 14.6 Å². The van der Waals surface area contributed by atoms with Gasteiger partial charge in [-0.1, -0.05) is 29.8 Å². The highest BCUT2D eigenvalue weighted by atomic mass is 16.5. The molecule has 3 rings (SSSR count). The number of rotatable bonds is 3. The predicted octanol–water partition coefficient (Wildman–Crippen LogP) is 2.65. The van der Waals surface area contributed by atoms with Crippen LogP contribution < -0.4 is 4.74 Å². The number of benzene rings is 1. The summed E-state index contributed by atoms with van der Waals surface area (Å²) in [4.78, 5) is 8.52. The summed E-state index contributed by atoms with van der Waals surface area (Å²) in [5.41, 5.74) is 3.08. The van der Waals surface area contributed by atoms with Crippen molar-refractivity contribution in [3.8, 4) is 23.0 Å². The van der Waals surface area contributed by atoms with E-state index in [1.807, 2.05) is 18.2 Å². The van der Waals surface area contributed by atoms with Crippen LogP contribution in [0.15, 0.2) is 48.9 Å². The van der Waals surface area contributed by atoms with Crippen molar-refractivity contribution in [1.82, 2.24) is 19.7 Å². The van der Waals surface area contributed by atoms with E-state index in [1.54, 1.807) is 30.4 Å². The predicted molar refractivity (Wildman–Crippen MR) is 75.9 cm³/mol. The quantitative estimate of drug-likeness (QED) is 0.731. The van der Waals surface area contributed by atoms with E-state index in [0.29, 0.717) is 5.88 Å². The summed E-state index contributed by atoms with van der Waals surface area (Å²) in [5, 5.41) is 4.27. The van der Waals surface area contributed by atoms with Gasteiger partial charge in [-0.2, -0.15) is 5.10 Å². The average Bonchev–Trinajstić information content (AvgIpc) is 2.97. The van der Waals surface area contributed by atoms with Crippen molar-refractivity contribution in [2.75, 3.05) is 7.11 Å². The van der Waals surface area contributed by atoms with Gasteiger partial charge in [0.25, 0.3) is 0 Å². The van der Waals surface area contributed by atoms with E-state index in [1.165, 1.54) is 5.56 Å². The van der Waals surface area contributed by atoms with Crippen molar-refractivity contribution in [3.05, 3.63) is 54.5 Å². The standard InChI is InChI=1S/C15H14N4O/c1-11-3-5-12(6-4-11)15-17-10-18-19(15)13-7-8-14(20-2)16-9-13/h3-10H,1-2H3. The van der Waals surface area contributed by atoms with Gasteiger partial charge < -0.3 is 4.74 Å². The van der Waals surface area contributed by atoms with Crippen molar-refractivity contribution in [2.24, 2.45) is 0 Å². The Balaban J connectivity index is 2.02. The van der Waals surface area contributed by atoms with Crippen LogP contribution in [-0.4, -0.2) is 26.9 Å². The molecule has 0 saturated carbocycles. The minimum atomic E-state index is 0.575. The van der Waals surface area contributed by atoms with E-state index in [4.69, 9.17) is 4.74 Å². The topological polar surface area (TPSA) is 52.8 Å². The number of ether oxygens (including phenoxy) is 1. The Bertz CT molecular complexity index is 701. The van der Waals surface area contributed by atoms with Gasteiger partial charge in [0.1, 0.15) is 6.33 Å². The molecule has 0 radical (unpaired) electrons. The number of hydrogen-bond acceptors (Lipinski definition) is 4. The van der Waals surface area contributed by atoms with Crippen LogP contribution in [-0.2, 0) is 0 Å². The van der Waals surface area contributed by atoms with E-state index in [0.717, 1.165) is 17.1 Å². The molecule has 5 heteroatoms. The van der Waals surface area contributed by atoms with Crippen molar-refractivity contribution in [2.45, 2.75) is 6.92 Å². The van der Waals surface area contributed by atoms with E-state index in [2.05, 4.69) is 34.1 Å². The second-order valence-electron chi connectivity index (χ2n) is 4.42. The third-order valence-electron chi connectivity index (χ3n) is 3.03. The molecular formula is C15H14N4O. The summed E-state index contributed by atoms with van der Waals surface area (Å²) < 4.78 is 6.82. The lowest BCUT2D eigenvalue weighted by molar-refractivity contribution is 0.397. The minimum absolute atomic E-state index is 0.575. The van der Waals surface area contributed by atoms with Crippen LogP contribution in [0.2, 0.25) is 0 Å². The molecule has 0 N–H and O–H groups in total. The highest BCUT2D eigenvalue weighted by Gasteiger charge is 2.09. The van der Waals surface area contributed by atoms with Crippen LogP contribution in [0.25, 0.3) is 17.1 Å². The molecule has 0 fully saturated rings. The van der Waals surface area contributed by atoms with Crippen molar-refractivity contribution < 1.29 is 4.74 Å². The summed E-state index contributed by atoms with van der Waals surface area (Å²) >= 11 is 0. The van der Waals surface area contributed by atoms with Gasteiger partial charge in [-0.3, -0.25) is 0 Å². The molecule has 0 aliphatic carbocycles. The Labute approximate surface area is 116 Å².